The average Bonchev–Trinajstić information content (AvgIpc) is 2.76. The summed E-state index contributed by atoms with van der Waals surface area (Å²) >= 11 is 0. The molecule has 1 fully saturated rings. The third kappa shape index (κ3) is 5.02. The predicted molar refractivity (Wildman–Crippen MR) is 111 cm³/mol. The van der Waals surface area contributed by atoms with Crippen LogP contribution in [0.1, 0.15) is 45.5 Å². The number of carbonyl (C=O) groups excluding carboxylic acids is 2. The van der Waals surface area contributed by atoms with E-state index in [0.717, 1.165) is 18.4 Å². The molecule has 1 saturated heterocycles. The summed E-state index contributed by atoms with van der Waals surface area (Å²) < 4.78 is 19.3. The zero-order chi connectivity index (χ0) is 21.5. The van der Waals surface area contributed by atoms with Crippen LogP contribution >= 0.6 is 0 Å². The minimum Gasteiger partial charge on any atom is -0.381 e. The van der Waals surface area contributed by atoms with Gasteiger partial charge in [0.05, 0.1) is 18.1 Å². The van der Waals surface area contributed by atoms with Crippen molar-refractivity contribution in [3.8, 4) is 6.07 Å². The maximum atomic E-state index is 13.9. The molecule has 0 aromatic heterocycles. The molecule has 0 bridgehead atoms. The molecule has 0 spiro atoms. The first-order valence-electron chi connectivity index (χ1n) is 9.93. The number of nitrogens with zero attached hydrogens (tertiary/aromatic N) is 2. The van der Waals surface area contributed by atoms with E-state index in [1.807, 2.05) is 0 Å². The summed E-state index contributed by atoms with van der Waals surface area (Å²) in [5, 5.41) is 11.7. The van der Waals surface area contributed by atoms with Crippen molar-refractivity contribution < 1.29 is 18.7 Å². The van der Waals surface area contributed by atoms with Crippen molar-refractivity contribution in [3.05, 3.63) is 65.0 Å². The Labute approximate surface area is 175 Å². The van der Waals surface area contributed by atoms with Gasteiger partial charge in [-0.05, 0) is 49.6 Å². The number of carbonyl (C=O) groups is 2. The van der Waals surface area contributed by atoms with E-state index in [4.69, 9.17) is 10.00 Å². The summed E-state index contributed by atoms with van der Waals surface area (Å²) in [6.07, 6.45) is 1.69. The van der Waals surface area contributed by atoms with Crippen molar-refractivity contribution in [2.24, 2.45) is 0 Å². The molecule has 7 heteroatoms. The van der Waals surface area contributed by atoms with Gasteiger partial charge in [-0.25, -0.2) is 4.39 Å². The molecule has 0 unspecified atom stereocenters. The zero-order valence-corrected chi connectivity index (χ0v) is 16.9. The number of hydrogen-bond acceptors (Lipinski definition) is 4. The number of anilines is 1. The summed E-state index contributed by atoms with van der Waals surface area (Å²) in [7, 11) is 0. The molecule has 2 aromatic rings. The second kappa shape index (κ2) is 9.99. The van der Waals surface area contributed by atoms with Crippen LogP contribution in [0.4, 0.5) is 10.1 Å². The Balaban J connectivity index is 1.83. The summed E-state index contributed by atoms with van der Waals surface area (Å²) in [6.45, 7) is 3.31. The molecule has 0 saturated carbocycles. The Morgan fingerprint density at radius 3 is 2.67 bits per heavy atom. The van der Waals surface area contributed by atoms with Crippen molar-refractivity contribution in [3.63, 3.8) is 0 Å². The van der Waals surface area contributed by atoms with Gasteiger partial charge in [0.1, 0.15) is 5.82 Å². The monoisotopic (exact) mass is 409 g/mol. The molecule has 2 aromatic carbocycles. The molecular weight excluding hydrogens is 385 g/mol. The predicted octanol–water partition coefficient (Wildman–Crippen LogP) is 3.92. The fourth-order valence-electron chi connectivity index (χ4n) is 3.51. The first-order chi connectivity index (χ1) is 14.5. The Bertz CT molecular complexity index is 964. The Morgan fingerprint density at radius 2 is 1.97 bits per heavy atom. The highest BCUT2D eigenvalue weighted by Gasteiger charge is 2.27. The van der Waals surface area contributed by atoms with Gasteiger partial charge in [-0.3, -0.25) is 9.59 Å². The third-order valence-corrected chi connectivity index (χ3v) is 5.21. The molecule has 1 heterocycles. The minimum atomic E-state index is -0.609. The van der Waals surface area contributed by atoms with Crippen LogP contribution in [0.2, 0.25) is 0 Å². The fraction of sp³-hybridized carbons (Fsp3) is 0.348. The van der Waals surface area contributed by atoms with Crippen LogP contribution < -0.4 is 5.32 Å². The van der Waals surface area contributed by atoms with E-state index in [9.17, 15) is 14.0 Å². The normalized spacial score (nSPS) is 14.0. The van der Waals surface area contributed by atoms with Crippen LogP contribution in [-0.4, -0.2) is 42.5 Å². The van der Waals surface area contributed by atoms with Crippen LogP contribution in [0.5, 0.6) is 0 Å². The molecule has 0 atom stereocenters. The van der Waals surface area contributed by atoms with Crippen LogP contribution in [0.25, 0.3) is 0 Å². The van der Waals surface area contributed by atoms with Gasteiger partial charge in [0.2, 0.25) is 0 Å². The van der Waals surface area contributed by atoms with E-state index in [0.29, 0.717) is 31.0 Å². The first-order valence-corrected chi connectivity index (χ1v) is 9.93. The molecule has 0 radical (unpaired) electrons. The summed E-state index contributed by atoms with van der Waals surface area (Å²) in [5.41, 5.74) is 1.55. The molecule has 2 amide bonds. The lowest BCUT2D eigenvalue weighted by atomic mass is 10.0. The average molecular weight is 409 g/mol. The number of amides is 2. The van der Waals surface area contributed by atoms with E-state index in [2.05, 4.69) is 11.4 Å². The van der Waals surface area contributed by atoms with Gasteiger partial charge in [0, 0.05) is 37.1 Å². The van der Waals surface area contributed by atoms with Crippen molar-refractivity contribution in [1.29, 1.82) is 5.26 Å². The number of halogens is 1. The van der Waals surface area contributed by atoms with E-state index < -0.39 is 11.7 Å². The smallest absolute Gasteiger partial charge is 0.258 e. The van der Waals surface area contributed by atoms with E-state index >= 15 is 0 Å². The highest BCUT2D eigenvalue weighted by Crippen LogP contribution is 2.23. The van der Waals surface area contributed by atoms with Gasteiger partial charge in [0.25, 0.3) is 11.8 Å². The second-order valence-electron chi connectivity index (χ2n) is 7.21. The van der Waals surface area contributed by atoms with Gasteiger partial charge in [-0.2, -0.15) is 5.26 Å². The zero-order valence-electron chi connectivity index (χ0n) is 16.9. The Morgan fingerprint density at radius 1 is 1.23 bits per heavy atom. The number of ether oxygens (including phenoxy) is 1. The molecule has 1 aliphatic rings. The SMILES string of the molecule is Cc1ccc(C(=O)N(CCC#N)C2CCOCC2)cc1NC(=O)c1ccccc1F. The lowest BCUT2D eigenvalue weighted by Crippen LogP contribution is -2.44. The maximum Gasteiger partial charge on any atom is 0.258 e. The number of rotatable bonds is 6. The van der Waals surface area contributed by atoms with Crippen molar-refractivity contribution in [2.75, 3.05) is 25.1 Å². The molecule has 0 aliphatic carbocycles. The van der Waals surface area contributed by atoms with Crippen molar-refractivity contribution >= 4 is 17.5 Å². The van der Waals surface area contributed by atoms with Crippen molar-refractivity contribution in [2.45, 2.75) is 32.2 Å². The Kier molecular flexibility index (Phi) is 7.15. The number of hydrogen-bond donors (Lipinski definition) is 1. The highest BCUT2D eigenvalue weighted by atomic mass is 19.1. The standard InChI is InChI=1S/C23H24FN3O3/c1-16-7-8-17(15-21(16)26-22(28)19-5-2-3-6-20(19)24)23(29)27(12-4-11-25)18-9-13-30-14-10-18/h2-3,5-8,15,18H,4,9-10,12-14H2,1H3,(H,26,28). The highest BCUT2D eigenvalue weighted by molar-refractivity contribution is 6.05. The van der Waals surface area contributed by atoms with E-state index in [-0.39, 0.29) is 23.9 Å². The van der Waals surface area contributed by atoms with Gasteiger partial charge >= 0.3 is 0 Å². The van der Waals surface area contributed by atoms with Crippen molar-refractivity contribution in [1.82, 2.24) is 4.90 Å². The lowest BCUT2D eigenvalue weighted by Gasteiger charge is -2.34. The maximum absolute atomic E-state index is 13.9. The molecular formula is C23H24FN3O3. The molecule has 1 aliphatic heterocycles. The largest absolute Gasteiger partial charge is 0.381 e. The Hall–Kier alpha value is -3.24. The summed E-state index contributed by atoms with van der Waals surface area (Å²) in [5.74, 6) is -1.38. The van der Waals surface area contributed by atoms with Crippen LogP contribution in [0.15, 0.2) is 42.5 Å². The number of aryl methyl sites for hydroxylation is 1. The summed E-state index contributed by atoms with van der Waals surface area (Å²) in [4.78, 5) is 27.4. The fourth-order valence-corrected chi connectivity index (χ4v) is 3.51. The number of nitriles is 1. The molecule has 6 nitrogen and oxygen atoms in total. The third-order valence-electron chi connectivity index (χ3n) is 5.21. The molecule has 3 rings (SSSR count). The summed E-state index contributed by atoms with van der Waals surface area (Å²) in [6, 6.07) is 12.9. The van der Waals surface area contributed by atoms with Crippen LogP contribution in [0.3, 0.4) is 0 Å². The minimum absolute atomic E-state index is 0.0114. The number of benzene rings is 2. The quantitative estimate of drug-likeness (QED) is 0.784. The molecule has 156 valence electrons. The van der Waals surface area contributed by atoms with Crippen LogP contribution in [-0.2, 0) is 4.74 Å². The molecule has 1 N–H and O–H groups in total. The van der Waals surface area contributed by atoms with Gasteiger partial charge < -0.3 is 15.0 Å². The van der Waals surface area contributed by atoms with Crippen LogP contribution in [0, 0.1) is 24.1 Å². The van der Waals surface area contributed by atoms with Gasteiger partial charge in [-0.15, -0.1) is 0 Å². The topological polar surface area (TPSA) is 82.4 Å². The van der Waals surface area contributed by atoms with E-state index in [1.165, 1.54) is 18.2 Å². The second-order valence-corrected chi connectivity index (χ2v) is 7.21. The van der Waals surface area contributed by atoms with E-state index in [1.54, 1.807) is 36.1 Å². The van der Waals surface area contributed by atoms with Gasteiger partial charge in [-0.1, -0.05) is 18.2 Å². The molecule has 30 heavy (non-hydrogen) atoms. The number of nitrogens with one attached hydrogen (secondary N) is 1. The lowest BCUT2D eigenvalue weighted by molar-refractivity contribution is 0.0296. The van der Waals surface area contributed by atoms with Gasteiger partial charge in [0.15, 0.2) is 0 Å². The first kappa shape index (κ1) is 21.5.